The number of aliphatic hydroxyl groups excluding tert-OH is 1. The van der Waals surface area contributed by atoms with Gasteiger partial charge in [-0.15, -0.1) is 0 Å². The number of carbonyl (C=O) groups is 2. The summed E-state index contributed by atoms with van der Waals surface area (Å²) in [7, 11) is 0. The number of carbonyl (C=O) groups excluding carboxylic acids is 2. The monoisotopic (exact) mass is 390 g/mol. The van der Waals surface area contributed by atoms with Crippen LogP contribution in [-0.2, 0) is 9.59 Å². The average Bonchev–Trinajstić information content (AvgIpc) is 3.00. The molecule has 2 aromatic carbocycles. The molecule has 0 radical (unpaired) electrons. The van der Waals surface area contributed by atoms with Crippen molar-refractivity contribution in [3.8, 4) is 0 Å². The Labute approximate surface area is 166 Å². The predicted octanol–water partition coefficient (Wildman–Crippen LogP) is 4.36. The third kappa shape index (κ3) is 3.06. The molecule has 1 aromatic heterocycles. The van der Waals surface area contributed by atoms with Crippen LogP contribution in [-0.4, -0.2) is 21.8 Å². The lowest BCUT2D eigenvalue weighted by Gasteiger charge is -2.24. The number of benzene rings is 2. The Kier molecular flexibility index (Phi) is 4.67. The van der Waals surface area contributed by atoms with Gasteiger partial charge in [-0.2, -0.15) is 0 Å². The molecule has 1 aliphatic rings. The molecule has 138 valence electrons. The quantitative estimate of drug-likeness (QED) is 0.410. The Morgan fingerprint density at radius 2 is 1.57 bits per heavy atom. The number of anilines is 1. The fourth-order valence-corrected chi connectivity index (χ4v) is 3.39. The van der Waals surface area contributed by atoms with Gasteiger partial charge >= 0.3 is 5.91 Å². The van der Waals surface area contributed by atoms with E-state index in [0.717, 1.165) is 0 Å². The van der Waals surface area contributed by atoms with Crippen LogP contribution in [0.5, 0.6) is 0 Å². The van der Waals surface area contributed by atoms with Crippen molar-refractivity contribution in [3.63, 3.8) is 0 Å². The van der Waals surface area contributed by atoms with E-state index in [0.29, 0.717) is 16.1 Å². The standard InChI is InChI=1S/C22H15ClN2O3/c23-16-11-12-17(24-13-16)25-19(14-7-3-1-4-8-14)18(21(27)22(25)28)20(26)15-9-5-2-6-10-15/h1-13,19,26H/b20-18+. The van der Waals surface area contributed by atoms with E-state index in [2.05, 4.69) is 4.98 Å². The predicted molar refractivity (Wildman–Crippen MR) is 107 cm³/mol. The second-order valence-electron chi connectivity index (χ2n) is 6.28. The van der Waals surface area contributed by atoms with Crippen molar-refractivity contribution in [1.29, 1.82) is 0 Å². The molecular weight excluding hydrogens is 376 g/mol. The fraction of sp³-hybridized carbons (Fsp3) is 0.0455. The Bertz CT molecular complexity index is 1060. The summed E-state index contributed by atoms with van der Waals surface area (Å²) in [6.07, 6.45) is 1.41. The van der Waals surface area contributed by atoms with E-state index in [9.17, 15) is 14.7 Å². The highest BCUT2D eigenvalue weighted by atomic mass is 35.5. The molecule has 1 amide bonds. The van der Waals surface area contributed by atoms with Gasteiger partial charge in [-0.05, 0) is 17.7 Å². The van der Waals surface area contributed by atoms with Gasteiger partial charge in [0.25, 0.3) is 5.78 Å². The van der Waals surface area contributed by atoms with E-state index < -0.39 is 17.7 Å². The van der Waals surface area contributed by atoms with Gasteiger partial charge in [-0.3, -0.25) is 14.5 Å². The SMILES string of the molecule is O=C1C(=O)N(c2ccc(Cl)cn2)C(c2ccccc2)/C1=C(\O)c1ccccc1. The molecule has 6 heteroatoms. The molecule has 1 fully saturated rings. The first-order valence-electron chi connectivity index (χ1n) is 8.61. The first kappa shape index (κ1) is 17.9. The number of hydrogen-bond acceptors (Lipinski definition) is 4. The highest BCUT2D eigenvalue weighted by molar-refractivity contribution is 6.51. The number of aromatic nitrogens is 1. The number of halogens is 1. The molecule has 2 heterocycles. The molecule has 0 saturated carbocycles. The van der Waals surface area contributed by atoms with Crippen LogP contribution >= 0.6 is 11.6 Å². The van der Waals surface area contributed by atoms with Gasteiger partial charge in [-0.25, -0.2) is 4.98 Å². The number of nitrogens with zero attached hydrogens (tertiary/aromatic N) is 2. The minimum Gasteiger partial charge on any atom is -0.507 e. The third-order valence-electron chi connectivity index (χ3n) is 4.57. The molecule has 3 aromatic rings. The van der Waals surface area contributed by atoms with E-state index in [1.165, 1.54) is 11.1 Å². The molecule has 1 aliphatic heterocycles. The lowest BCUT2D eigenvalue weighted by atomic mass is 9.95. The first-order chi connectivity index (χ1) is 13.6. The summed E-state index contributed by atoms with van der Waals surface area (Å²) >= 11 is 5.91. The van der Waals surface area contributed by atoms with Crippen LogP contribution in [0.2, 0.25) is 5.02 Å². The van der Waals surface area contributed by atoms with Crippen LogP contribution in [0.4, 0.5) is 5.82 Å². The van der Waals surface area contributed by atoms with Gasteiger partial charge in [-0.1, -0.05) is 72.3 Å². The summed E-state index contributed by atoms with van der Waals surface area (Å²) in [6.45, 7) is 0. The average molecular weight is 391 g/mol. The minimum atomic E-state index is -0.796. The number of hydrogen-bond donors (Lipinski definition) is 1. The van der Waals surface area contributed by atoms with E-state index in [1.807, 2.05) is 24.3 Å². The fourth-order valence-electron chi connectivity index (χ4n) is 3.28. The van der Waals surface area contributed by atoms with Crippen LogP contribution in [0.15, 0.2) is 84.6 Å². The highest BCUT2D eigenvalue weighted by Gasteiger charge is 2.47. The van der Waals surface area contributed by atoms with Crippen molar-refractivity contribution in [1.82, 2.24) is 4.98 Å². The molecule has 0 aliphatic carbocycles. The molecule has 0 spiro atoms. The van der Waals surface area contributed by atoms with Crippen molar-refractivity contribution >= 4 is 34.9 Å². The summed E-state index contributed by atoms with van der Waals surface area (Å²) in [5.74, 6) is -1.44. The van der Waals surface area contributed by atoms with Gasteiger partial charge in [0, 0.05) is 11.8 Å². The zero-order valence-corrected chi connectivity index (χ0v) is 15.4. The van der Waals surface area contributed by atoms with Crippen molar-refractivity contribution in [2.45, 2.75) is 6.04 Å². The van der Waals surface area contributed by atoms with E-state index in [-0.39, 0.29) is 17.2 Å². The smallest absolute Gasteiger partial charge is 0.301 e. The largest absolute Gasteiger partial charge is 0.507 e. The third-order valence-corrected chi connectivity index (χ3v) is 4.79. The van der Waals surface area contributed by atoms with Gasteiger partial charge in [0.1, 0.15) is 11.6 Å². The zero-order valence-electron chi connectivity index (χ0n) is 14.6. The van der Waals surface area contributed by atoms with Gasteiger partial charge in [0.15, 0.2) is 0 Å². The maximum atomic E-state index is 12.9. The number of amides is 1. The normalized spacial score (nSPS) is 18.5. The number of aliphatic hydroxyl groups is 1. The molecule has 1 N–H and O–H groups in total. The van der Waals surface area contributed by atoms with Crippen LogP contribution in [0, 0.1) is 0 Å². The van der Waals surface area contributed by atoms with E-state index in [1.54, 1.807) is 48.5 Å². The van der Waals surface area contributed by atoms with Crippen molar-refractivity contribution in [2.24, 2.45) is 0 Å². The minimum absolute atomic E-state index is 0.0270. The van der Waals surface area contributed by atoms with Gasteiger partial charge in [0.05, 0.1) is 16.6 Å². The molecular formula is C22H15ClN2O3. The Balaban J connectivity index is 1.94. The Morgan fingerprint density at radius 3 is 2.18 bits per heavy atom. The highest BCUT2D eigenvalue weighted by Crippen LogP contribution is 2.41. The summed E-state index contributed by atoms with van der Waals surface area (Å²) in [5.41, 5.74) is 1.18. The molecule has 5 nitrogen and oxygen atoms in total. The Morgan fingerprint density at radius 1 is 0.929 bits per heavy atom. The van der Waals surface area contributed by atoms with E-state index in [4.69, 9.17) is 11.6 Å². The van der Waals surface area contributed by atoms with Crippen LogP contribution < -0.4 is 4.90 Å². The molecule has 28 heavy (non-hydrogen) atoms. The molecule has 4 rings (SSSR count). The molecule has 1 saturated heterocycles. The zero-order chi connectivity index (χ0) is 19.7. The maximum Gasteiger partial charge on any atom is 0.301 e. The summed E-state index contributed by atoms with van der Waals surface area (Å²) in [4.78, 5) is 31.3. The van der Waals surface area contributed by atoms with Gasteiger partial charge < -0.3 is 5.11 Å². The van der Waals surface area contributed by atoms with Crippen LogP contribution in [0.25, 0.3) is 5.76 Å². The Hall–Kier alpha value is -3.44. The van der Waals surface area contributed by atoms with Crippen molar-refractivity contribution < 1.29 is 14.7 Å². The first-order valence-corrected chi connectivity index (χ1v) is 8.98. The number of rotatable bonds is 3. The molecule has 0 bridgehead atoms. The number of pyridine rings is 1. The number of ketones is 1. The van der Waals surface area contributed by atoms with Crippen molar-refractivity contribution in [3.05, 3.63) is 101 Å². The van der Waals surface area contributed by atoms with Crippen molar-refractivity contribution in [2.75, 3.05) is 4.90 Å². The molecule has 1 unspecified atom stereocenters. The second kappa shape index (κ2) is 7.29. The lowest BCUT2D eigenvalue weighted by Crippen LogP contribution is -2.30. The maximum absolute atomic E-state index is 12.9. The second-order valence-corrected chi connectivity index (χ2v) is 6.72. The summed E-state index contributed by atoms with van der Waals surface area (Å²) in [5, 5.41) is 11.3. The summed E-state index contributed by atoms with van der Waals surface area (Å²) in [6, 6.07) is 20.1. The van der Waals surface area contributed by atoms with E-state index >= 15 is 0 Å². The van der Waals surface area contributed by atoms with Gasteiger partial charge in [0.2, 0.25) is 0 Å². The van der Waals surface area contributed by atoms with Crippen LogP contribution in [0.1, 0.15) is 17.2 Å². The molecule has 1 atom stereocenters. The van der Waals surface area contributed by atoms with Crippen LogP contribution in [0.3, 0.4) is 0 Å². The summed E-state index contributed by atoms with van der Waals surface area (Å²) < 4.78 is 0. The topological polar surface area (TPSA) is 70.5 Å². The number of Topliss-reactive ketones (excluding diaryl/α,β-unsaturated/α-hetero) is 1. The lowest BCUT2D eigenvalue weighted by molar-refractivity contribution is -0.132.